The topological polar surface area (TPSA) is 397 Å². The lowest BCUT2D eigenvalue weighted by atomic mass is 9.87. The number of benzene rings is 5. The minimum atomic E-state index is -1.90. The molecule has 35 atom stereocenters. The maximum atomic E-state index is 12.8. The van der Waals surface area contributed by atoms with Gasteiger partial charge in [-0.1, -0.05) is 235 Å². The number of hydrogen-bond acceptors (Lipinski definition) is 29. The van der Waals surface area contributed by atoms with Crippen molar-refractivity contribution in [1.82, 2.24) is 0 Å². The third-order valence-corrected chi connectivity index (χ3v) is 37.4. The highest BCUT2D eigenvalue weighted by Gasteiger charge is 2.51. The van der Waals surface area contributed by atoms with Gasteiger partial charge in [-0.15, -0.1) is 0 Å². The summed E-state index contributed by atoms with van der Waals surface area (Å²) in [6.45, 7) is 50.7. The molecule has 0 aliphatic carbocycles. The van der Waals surface area contributed by atoms with Crippen molar-refractivity contribution in [2.75, 3.05) is 53.0 Å². The Morgan fingerprint density at radius 3 is 1.13 bits per heavy atom. The zero-order chi connectivity index (χ0) is 98.9. The first-order chi connectivity index (χ1) is 63.3. The second-order valence-corrected chi connectivity index (χ2v) is 50.2. The van der Waals surface area contributed by atoms with Gasteiger partial charge in [0.25, 0.3) is 0 Å². The third kappa shape index (κ3) is 32.0. The Bertz CT molecular complexity index is 4020. The number of aliphatic hydroxyl groups is 11. The van der Waals surface area contributed by atoms with E-state index in [0.717, 1.165) is 22.3 Å². The minimum Gasteiger partial charge on any atom is -0.414 e. The van der Waals surface area contributed by atoms with Gasteiger partial charge in [0.15, 0.2) is 28.7 Å². The molecule has 0 saturated carbocycles. The van der Waals surface area contributed by atoms with Crippen LogP contribution in [-0.4, -0.2) is 303 Å². The van der Waals surface area contributed by atoms with Gasteiger partial charge in [0.2, 0.25) is 0 Å². The van der Waals surface area contributed by atoms with Crippen molar-refractivity contribution in [3.05, 3.63) is 179 Å². The normalized spacial score (nSPS) is 36.7. The van der Waals surface area contributed by atoms with Crippen LogP contribution in [0.2, 0.25) is 36.3 Å². The molecule has 0 bridgehead atoms. The minimum absolute atomic E-state index is 0.00419. The second kappa shape index (κ2) is 53.8. The van der Waals surface area contributed by atoms with Crippen LogP contribution in [0.15, 0.2) is 152 Å². The van der Waals surface area contributed by atoms with Crippen molar-refractivity contribution in [1.29, 1.82) is 0 Å². The van der Waals surface area contributed by atoms with Crippen LogP contribution in [0.4, 0.5) is 0 Å². The van der Waals surface area contributed by atoms with E-state index in [2.05, 4.69) is 93.7 Å². The van der Waals surface area contributed by atoms with Crippen LogP contribution in [0.5, 0.6) is 0 Å². The SMILES string of the molecule is C[C@@H]1OC(CO)[C@H](O)[C@H](C)C1O.C[C@@H]1OC(CO)[C@H](O)[C@H](C)C1OCc1ccccc1.C[C@@H]1OC(CO)[C@H](O)[C@H](O)C1O.C[C@@H]1OC(CO[Si](C)(C)C(C)(C)C)C(=O)[C@H](C)C1OCc1ccccc1.C[C@@H]1OC(CO[Si](C)(C)C(C)(C)C)[C@H](O)[C@H](C)C1OCc1ccccc1.C[C@@H]1OC2COC(c3ccccc3)O[C@@H]2[C@H](C)C1OCc1ccccc1.C[C@@H]1OC2COCO[C@@H]2[C@H](C)C1O. The van der Waals surface area contributed by atoms with Crippen molar-refractivity contribution < 1.29 is 141 Å². The number of rotatable bonds is 22. The predicted octanol–water partition coefficient (Wildman–Crippen LogP) is 11.5. The summed E-state index contributed by atoms with van der Waals surface area (Å²) in [4.78, 5) is 12.8. The molecule has 11 N–H and O–H groups in total. The summed E-state index contributed by atoms with van der Waals surface area (Å²) in [5.41, 5.74) is 5.54. The lowest BCUT2D eigenvalue weighted by molar-refractivity contribution is -0.319. The van der Waals surface area contributed by atoms with Gasteiger partial charge < -0.3 is 136 Å². The molecule has 29 nitrogen and oxygen atoms in total. The Kier molecular flexibility index (Phi) is 45.9. The van der Waals surface area contributed by atoms with Gasteiger partial charge in [0.1, 0.15) is 67.8 Å². The molecule has 14 rings (SSSR count). The molecular weight excluding hydrogens is 1760 g/mol. The van der Waals surface area contributed by atoms with Gasteiger partial charge in [-0.05, 0) is 107 Å². The summed E-state index contributed by atoms with van der Waals surface area (Å²) in [5, 5.41) is 104. The highest BCUT2D eigenvalue weighted by atomic mass is 28.4. The first-order valence-corrected chi connectivity index (χ1v) is 53.9. The maximum absolute atomic E-state index is 12.8. The van der Waals surface area contributed by atoms with Gasteiger partial charge in [-0.2, -0.15) is 0 Å². The second-order valence-electron chi connectivity index (χ2n) is 40.6. The highest BCUT2D eigenvalue weighted by molar-refractivity contribution is 6.74. The lowest BCUT2D eigenvalue weighted by Gasteiger charge is -2.48. The molecule has 9 aliphatic rings. The molecule has 0 amide bonds. The van der Waals surface area contributed by atoms with Gasteiger partial charge in [0, 0.05) is 41.1 Å². The third-order valence-electron chi connectivity index (χ3n) is 28.4. The van der Waals surface area contributed by atoms with E-state index >= 15 is 0 Å². The fourth-order valence-corrected chi connectivity index (χ4v) is 19.5. The largest absolute Gasteiger partial charge is 0.414 e. The number of carbonyl (C=O) groups is 1. The van der Waals surface area contributed by atoms with Crippen LogP contribution >= 0.6 is 0 Å². The number of Topliss-reactive ketones (excluding diaryl/α,β-unsaturated/α-hetero) is 1. The molecule has 134 heavy (non-hydrogen) atoms. The number of carbonyl (C=O) groups excluding carboxylic acids is 1. The monoisotopic (exact) mass is 1920 g/mol. The Balaban J connectivity index is 0.000000197. The molecule has 5 aromatic rings. The summed E-state index contributed by atoms with van der Waals surface area (Å²) in [5.74, 6) is -0.0819. The molecule has 9 aliphatic heterocycles. The number of ether oxygens (including phenoxy) is 15. The fraction of sp³-hybridized carbons (Fsp3) is 0.699. The van der Waals surface area contributed by atoms with Gasteiger partial charge in [-0.25, -0.2) is 0 Å². The molecule has 5 aromatic carbocycles. The van der Waals surface area contributed by atoms with E-state index < -0.39 is 96.0 Å². The van der Waals surface area contributed by atoms with E-state index in [1.165, 1.54) is 5.56 Å². The zero-order valence-electron chi connectivity index (χ0n) is 83.4. The van der Waals surface area contributed by atoms with E-state index in [-0.39, 0.29) is 169 Å². The lowest BCUT2D eigenvalue weighted by Crippen LogP contribution is -2.57. The van der Waals surface area contributed by atoms with Crippen LogP contribution in [-0.2, 0) is 111 Å². The molecule has 758 valence electrons. The summed E-state index contributed by atoms with van der Waals surface area (Å²) >= 11 is 0. The molecule has 0 spiro atoms. The van der Waals surface area contributed by atoms with Crippen molar-refractivity contribution in [2.45, 2.75) is 371 Å². The Hall–Kier alpha value is -4.92. The van der Waals surface area contributed by atoms with Gasteiger partial charge in [0.05, 0.1) is 183 Å². The molecule has 0 aromatic heterocycles. The summed E-state index contributed by atoms with van der Waals surface area (Å²) < 4.78 is 99.1. The summed E-state index contributed by atoms with van der Waals surface area (Å²) in [6, 6.07) is 50.3. The van der Waals surface area contributed by atoms with Crippen molar-refractivity contribution in [2.24, 2.45) is 35.5 Å². The Morgan fingerprint density at radius 2 is 0.679 bits per heavy atom. The Labute approximate surface area is 798 Å². The molecule has 9 saturated heterocycles. The molecule has 9 fully saturated rings. The van der Waals surface area contributed by atoms with Gasteiger partial charge >= 0.3 is 0 Å². The van der Waals surface area contributed by atoms with Crippen LogP contribution < -0.4 is 0 Å². The van der Waals surface area contributed by atoms with Crippen LogP contribution in [0.1, 0.15) is 166 Å². The first-order valence-electron chi connectivity index (χ1n) is 48.1. The molecule has 0 radical (unpaired) electrons. The van der Waals surface area contributed by atoms with Crippen LogP contribution in [0.25, 0.3) is 0 Å². The smallest absolute Gasteiger partial charge is 0.192 e. The van der Waals surface area contributed by atoms with Crippen LogP contribution in [0, 0.1) is 35.5 Å². The van der Waals surface area contributed by atoms with Crippen molar-refractivity contribution in [3.8, 4) is 0 Å². The number of aliphatic hydroxyl groups excluding tert-OH is 11. The molecule has 9 heterocycles. The predicted molar refractivity (Wildman–Crippen MR) is 512 cm³/mol. The maximum Gasteiger partial charge on any atom is 0.192 e. The van der Waals surface area contributed by atoms with E-state index in [9.17, 15) is 45.6 Å². The average Bonchev–Trinajstić information content (AvgIpc) is 0.780. The summed E-state index contributed by atoms with van der Waals surface area (Å²) in [7, 11) is -3.76. The Morgan fingerprint density at radius 1 is 0.336 bits per heavy atom. The van der Waals surface area contributed by atoms with E-state index in [0.29, 0.717) is 59.6 Å². The average molecular weight is 1920 g/mol. The van der Waals surface area contributed by atoms with Gasteiger partial charge in [-0.3, -0.25) is 4.79 Å². The first kappa shape index (κ1) is 114. The van der Waals surface area contributed by atoms with Crippen LogP contribution in [0.3, 0.4) is 0 Å². The molecule has 31 heteroatoms. The molecule has 15 unspecified atom stereocenters. The zero-order valence-corrected chi connectivity index (χ0v) is 85.4. The standard InChI is InChI=1S/C22H26O4.C21H36O4Si.C21H34O4Si.C15H22O4.C9H16O4.C8H16O4.C7H14O5/c1-15-20(23-13-17-9-5-3-6-10-17)16(2)25-19-14-24-22(26-21(15)19)18-11-7-4-8-12-18;2*1-15-19(22)18(14-24-26(6,7)21(3,4)5)25-16(2)20(15)23-13-17-11-9-8-10-12-17;1-10-14(17)13(8-16)19-11(2)15(10)18-9-12-6-4-3-5-7-12;1-5-8(10)6(2)13-7-3-11-4-12-9(5)7;1-4-7(10)5(2)12-6(3-9)8(4)11;1-3-5(9)7(11)6(10)4(2-8)12-3/h3-12,15-16,19-22H,13-14H2,1-2H3;8-12,15-16,18-20,22H,13-14H2,1-7H3;8-12,15-16,18,20H,13-14H2,1-7H3;3-7,10-11,13-17H,8-9H2,1-2H3;5-10H,3-4H2,1-2H3;4-11H,3H2,1-2H3;3-11H,2H2,1H3/t15-,16+,19?,20?,21-,22?;15-,16-,18?,19+,20?;15-,16-,18?,20?;10-,11-,13?,14+,15?;5-,6+,7?,8?,9-;4-,5+,6?,7?,8-;3-,4?,5?,6-,7+/m1000110/s1. The number of ketones is 1. The van der Waals surface area contributed by atoms with E-state index in [1.807, 2.05) is 195 Å². The number of hydrogen-bond donors (Lipinski definition) is 11. The van der Waals surface area contributed by atoms with Crippen molar-refractivity contribution in [3.63, 3.8) is 0 Å². The quantitative estimate of drug-likeness (QED) is 0.0287. The molecular formula is C103H164O29Si2. The van der Waals surface area contributed by atoms with Crippen molar-refractivity contribution >= 4 is 22.4 Å². The summed E-state index contributed by atoms with van der Waals surface area (Å²) in [6.07, 6.45) is -11.7. The van der Waals surface area contributed by atoms with E-state index in [4.69, 9.17) is 95.2 Å². The fourth-order valence-electron chi connectivity index (χ4n) is 17.5. The number of fused-ring (bicyclic) bond motifs is 2. The highest BCUT2D eigenvalue weighted by Crippen LogP contribution is 2.42. The van der Waals surface area contributed by atoms with E-state index in [1.54, 1.807) is 20.8 Å².